The van der Waals surface area contributed by atoms with Crippen molar-refractivity contribution in [2.24, 2.45) is 0 Å². The minimum absolute atomic E-state index is 0.234. The molecule has 0 spiro atoms. The maximum Gasteiger partial charge on any atom is 0.355 e. The van der Waals surface area contributed by atoms with E-state index in [1.165, 1.54) is 11.3 Å². The van der Waals surface area contributed by atoms with Crippen LogP contribution in [-0.4, -0.2) is 34.9 Å². The molecular formula is C14H15ClN2O3S. The Balaban J connectivity index is 1.87. The molecule has 5 nitrogen and oxygen atoms in total. The van der Waals surface area contributed by atoms with Gasteiger partial charge in [0.2, 0.25) is 0 Å². The Morgan fingerprint density at radius 2 is 2.19 bits per heavy atom. The van der Waals surface area contributed by atoms with Crippen LogP contribution in [0.4, 0.5) is 0 Å². The summed E-state index contributed by atoms with van der Waals surface area (Å²) in [5, 5.41) is 0. The number of amides is 1. The molecule has 2 heterocycles. The first-order chi connectivity index (χ1) is 10.1. The van der Waals surface area contributed by atoms with Crippen molar-refractivity contribution in [3.8, 4) is 0 Å². The third-order valence-electron chi connectivity index (χ3n) is 2.85. The predicted octanol–water partition coefficient (Wildman–Crippen LogP) is 2.94. The van der Waals surface area contributed by atoms with Crippen LogP contribution < -0.4 is 0 Å². The van der Waals surface area contributed by atoms with Crippen LogP contribution >= 0.6 is 22.9 Å². The molecule has 112 valence electrons. The molecule has 0 fully saturated rings. The van der Waals surface area contributed by atoms with Gasteiger partial charge >= 0.3 is 5.97 Å². The summed E-state index contributed by atoms with van der Waals surface area (Å²) < 4.78 is 5.68. The lowest BCUT2D eigenvalue weighted by Crippen LogP contribution is -2.33. The van der Waals surface area contributed by atoms with E-state index >= 15 is 0 Å². The molecule has 0 unspecified atom stereocenters. The first kappa shape index (κ1) is 15.6. The predicted molar refractivity (Wildman–Crippen MR) is 81.5 cm³/mol. The molecule has 2 rings (SSSR count). The number of H-pyrrole nitrogens is 1. The number of thiophene rings is 1. The summed E-state index contributed by atoms with van der Waals surface area (Å²) in [6, 6.07) is 6.97. The Bertz CT molecular complexity index is 610. The summed E-state index contributed by atoms with van der Waals surface area (Å²) in [6.07, 6.45) is 1.62. The number of hydrogen-bond acceptors (Lipinski definition) is 4. The average Bonchev–Trinajstić information content (AvgIpc) is 3.13. The standard InChI is InChI=1S/C14H15ClN2O3S/c1-2-17(8-10-5-6-12(15)21-10)13(18)9-20-14(19)11-4-3-7-16-11/h3-7,16H,2,8-9H2,1H3. The molecule has 1 N–H and O–H groups in total. The minimum Gasteiger partial charge on any atom is -0.451 e. The van der Waals surface area contributed by atoms with Crippen LogP contribution in [0.1, 0.15) is 22.3 Å². The van der Waals surface area contributed by atoms with Crippen LogP contribution in [0.2, 0.25) is 4.34 Å². The summed E-state index contributed by atoms with van der Waals surface area (Å²) in [7, 11) is 0. The van der Waals surface area contributed by atoms with Crippen LogP contribution in [0.15, 0.2) is 30.5 Å². The van der Waals surface area contributed by atoms with Crippen molar-refractivity contribution in [3.05, 3.63) is 45.4 Å². The van der Waals surface area contributed by atoms with E-state index in [-0.39, 0.29) is 12.5 Å². The summed E-state index contributed by atoms with van der Waals surface area (Å²) in [5.74, 6) is -0.773. The van der Waals surface area contributed by atoms with Crippen molar-refractivity contribution in [1.82, 2.24) is 9.88 Å². The minimum atomic E-state index is -0.538. The van der Waals surface area contributed by atoms with Crippen molar-refractivity contribution in [3.63, 3.8) is 0 Å². The fourth-order valence-electron chi connectivity index (χ4n) is 1.75. The van der Waals surface area contributed by atoms with Crippen LogP contribution in [0.25, 0.3) is 0 Å². The van der Waals surface area contributed by atoms with Gasteiger partial charge in [-0.15, -0.1) is 11.3 Å². The number of ether oxygens (including phenoxy) is 1. The zero-order valence-corrected chi connectivity index (χ0v) is 13.0. The molecule has 0 aliphatic carbocycles. The van der Waals surface area contributed by atoms with Crippen molar-refractivity contribution < 1.29 is 14.3 Å². The Labute approximate surface area is 131 Å². The second-order valence-corrected chi connectivity index (χ2v) is 6.07. The lowest BCUT2D eigenvalue weighted by Gasteiger charge is -2.19. The van der Waals surface area contributed by atoms with Gasteiger partial charge < -0.3 is 14.6 Å². The summed E-state index contributed by atoms with van der Waals surface area (Å²) in [5.41, 5.74) is 0.330. The molecule has 0 aliphatic heterocycles. The van der Waals surface area contributed by atoms with Gasteiger partial charge in [0.05, 0.1) is 10.9 Å². The Kier molecular flexibility index (Phi) is 5.41. The maximum absolute atomic E-state index is 12.1. The van der Waals surface area contributed by atoms with Crippen molar-refractivity contribution >= 4 is 34.8 Å². The molecule has 0 aliphatic rings. The van der Waals surface area contributed by atoms with Crippen LogP contribution in [-0.2, 0) is 16.1 Å². The average molecular weight is 327 g/mol. The first-order valence-corrected chi connectivity index (χ1v) is 7.62. The molecule has 21 heavy (non-hydrogen) atoms. The number of hydrogen-bond donors (Lipinski definition) is 1. The normalized spacial score (nSPS) is 10.4. The Morgan fingerprint density at radius 1 is 1.38 bits per heavy atom. The van der Waals surface area contributed by atoms with E-state index in [9.17, 15) is 9.59 Å². The smallest absolute Gasteiger partial charge is 0.355 e. The quantitative estimate of drug-likeness (QED) is 0.830. The zero-order valence-electron chi connectivity index (χ0n) is 11.5. The summed E-state index contributed by atoms with van der Waals surface area (Å²) >= 11 is 7.30. The molecule has 1 amide bonds. The number of nitrogens with zero attached hydrogens (tertiary/aromatic N) is 1. The highest BCUT2D eigenvalue weighted by Crippen LogP contribution is 2.22. The second kappa shape index (κ2) is 7.28. The third kappa shape index (κ3) is 4.34. The molecule has 0 atom stereocenters. The third-order valence-corrected chi connectivity index (χ3v) is 4.07. The molecule has 0 radical (unpaired) electrons. The number of halogens is 1. The van der Waals surface area contributed by atoms with E-state index in [0.717, 1.165) is 4.88 Å². The highest BCUT2D eigenvalue weighted by Gasteiger charge is 2.16. The Morgan fingerprint density at radius 3 is 2.76 bits per heavy atom. The zero-order chi connectivity index (χ0) is 15.2. The van der Waals surface area contributed by atoms with Gasteiger partial charge in [0.1, 0.15) is 5.69 Å². The molecule has 0 saturated carbocycles. The maximum atomic E-state index is 12.1. The molecule has 0 aromatic carbocycles. The summed E-state index contributed by atoms with van der Waals surface area (Å²) in [6.45, 7) is 2.60. The van der Waals surface area contributed by atoms with E-state index in [2.05, 4.69) is 4.98 Å². The van der Waals surface area contributed by atoms with Gasteiger partial charge in [0.25, 0.3) is 5.91 Å². The van der Waals surface area contributed by atoms with Gasteiger partial charge in [-0.05, 0) is 31.2 Å². The fourth-order valence-corrected chi connectivity index (χ4v) is 2.86. The highest BCUT2D eigenvalue weighted by atomic mass is 35.5. The number of nitrogens with one attached hydrogen (secondary N) is 1. The highest BCUT2D eigenvalue weighted by molar-refractivity contribution is 7.16. The van der Waals surface area contributed by atoms with E-state index in [1.54, 1.807) is 29.3 Å². The van der Waals surface area contributed by atoms with Crippen molar-refractivity contribution in [2.45, 2.75) is 13.5 Å². The molecule has 2 aromatic heterocycles. The summed E-state index contributed by atoms with van der Waals surface area (Å²) in [4.78, 5) is 29.1. The Hall–Kier alpha value is -1.79. The molecule has 7 heteroatoms. The first-order valence-electron chi connectivity index (χ1n) is 6.42. The number of carbonyl (C=O) groups is 2. The lowest BCUT2D eigenvalue weighted by molar-refractivity contribution is -0.134. The van der Waals surface area contributed by atoms with E-state index < -0.39 is 5.97 Å². The van der Waals surface area contributed by atoms with Gasteiger partial charge in [0, 0.05) is 17.6 Å². The van der Waals surface area contributed by atoms with Gasteiger partial charge in [-0.2, -0.15) is 0 Å². The number of carbonyl (C=O) groups excluding carboxylic acids is 2. The topological polar surface area (TPSA) is 62.4 Å². The fraction of sp³-hybridized carbons (Fsp3) is 0.286. The number of rotatable bonds is 6. The van der Waals surface area contributed by atoms with Gasteiger partial charge in [-0.1, -0.05) is 11.6 Å². The molecule has 2 aromatic rings. The number of aromatic nitrogens is 1. The monoisotopic (exact) mass is 326 g/mol. The SMILES string of the molecule is CCN(Cc1ccc(Cl)s1)C(=O)COC(=O)c1ccc[nH]1. The van der Waals surface area contributed by atoms with Crippen LogP contribution in [0, 0.1) is 0 Å². The van der Waals surface area contributed by atoms with E-state index in [4.69, 9.17) is 16.3 Å². The van der Waals surface area contributed by atoms with Gasteiger partial charge in [0.15, 0.2) is 6.61 Å². The van der Waals surface area contributed by atoms with E-state index in [1.807, 2.05) is 13.0 Å². The largest absolute Gasteiger partial charge is 0.451 e. The molecular weight excluding hydrogens is 312 g/mol. The number of esters is 1. The number of aromatic amines is 1. The van der Waals surface area contributed by atoms with Crippen LogP contribution in [0.5, 0.6) is 0 Å². The van der Waals surface area contributed by atoms with Gasteiger partial charge in [-0.3, -0.25) is 4.79 Å². The second-order valence-electron chi connectivity index (χ2n) is 4.27. The van der Waals surface area contributed by atoms with Crippen molar-refractivity contribution in [1.29, 1.82) is 0 Å². The van der Waals surface area contributed by atoms with Crippen molar-refractivity contribution in [2.75, 3.05) is 13.2 Å². The molecule has 0 bridgehead atoms. The van der Waals surface area contributed by atoms with Gasteiger partial charge in [-0.25, -0.2) is 4.79 Å². The molecule has 0 saturated heterocycles. The van der Waals surface area contributed by atoms with E-state index in [0.29, 0.717) is 23.1 Å². The van der Waals surface area contributed by atoms with Crippen LogP contribution in [0.3, 0.4) is 0 Å². The lowest BCUT2D eigenvalue weighted by atomic mass is 10.4. The number of likely N-dealkylation sites (N-methyl/N-ethyl adjacent to an activating group) is 1.